The van der Waals surface area contributed by atoms with Crippen LogP contribution in [-0.4, -0.2) is 14.7 Å². The first-order chi connectivity index (χ1) is 9.86. The Morgan fingerprint density at radius 3 is 2.14 bits per heavy atom. The van der Waals surface area contributed by atoms with Gasteiger partial charge in [0.15, 0.2) is 9.84 Å². The van der Waals surface area contributed by atoms with Crippen molar-refractivity contribution in [2.24, 2.45) is 0 Å². The third-order valence-electron chi connectivity index (χ3n) is 3.43. The van der Waals surface area contributed by atoms with E-state index in [2.05, 4.69) is 5.32 Å². The summed E-state index contributed by atoms with van der Waals surface area (Å²) >= 11 is 5.84. The lowest BCUT2D eigenvalue weighted by Gasteiger charge is -2.11. The van der Waals surface area contributed by atoms with E-state index in [0.29, 0.717) is 6.54 Å². The summed E-state index contributed by atoms with van der Waals surface area (Å²) in [7, 11) is -3.06. The van der Waals surface area contributed by atoms with Gasteiger partial charge in [-0.3, -0.25) is 0 Å². The van der Waals surface area contributed by atoms with Gasteiger partial charge in [0.2, 0.25) is 0 Å². The number of nitrogens with one attached hydrogen (secondary N) is 1. The first kappa shape index (κ1) is 15.9. The molecule has 0 aromatic heterocycles. The minimum absolute atomic E-state index is 0.484. The second-order valence-corrected chi connectivity index (χ2v) is 7.88. The topological polar surface area (TPSA) is 46.2 Å². The van der Waals surface area contributed by atoms with Gasteiger partial charge >= 0.3 is 0 Å². The molecule has 0 fully saturated rings. The predicted octanol–water partition coefficient (Wildman–Crippen LogP) is 4.06. The molecule has 0 saturated carbocycles. The van der Waals surface area contributed by atoms with Crippen LogP contribution in [0.5, 0.6) is 0 Å². The zero-order valence-electron chi connectivity index (χ0n) is 12.0. The van der Waals surface area contributed by atoms with E-state index in [1.165, 1.54) is 6.26 Å². The van der Waals surface area contributed by atoms with Gasteiger partial charge in [0, 0.05) is 23.5 Å². The minimum Gasteiger partial charge on any atom is -0.381 e. The number of sulfone groups is 1. The van der Waals surface area contributed by atoms with Gasteiger partial charge in [-0.2, -0.15) is 0 Å². The molecule has 5 heteroatoms. The van der Waals surface area contributed by atoms with Crippen molar-refractivity contribution in [2.75, 3.05) is 11.6 Å². The van der Waals surface area contributed by atoms with Crippen LogP contribution in [0, 0.1) is 0 Å². The van der Waals surface area contributed by atoms with Crippen molar-refractivity contribution in [3.63, 3.8) is 0 Å². The Hall–Kier alpha value is -1.52. The van der Waals surface area contributed by atoms with E-state index in [1.807, 2.05) is 48.5 Å². The quantitative estimate of drug-likeness (QED) is 0.902. The van der Waals surface area contributed by atoms with Gasteiger partial charge < -0.3 is 5.32 Å². The molecule has 2 aromatic rings. The molecule has 1 N–H and O–H groups in total. The summed E-state index contributed by atoms with van der Waals surface area (Å²) in [4.78, 5) is 0. The molecular weight excluding hydrogens is 306 g/mol. The molecule has 3 nitrogen and oxygen atoms in total. The number of anilines is 1. The number of benzene rings is 2. The van der Waals surface area contributed by atoms with Gasteiger partial charge in [0.1, 0.15) is 0 Å². The molecule has 0 radical (unpaired) electrons. The molecule has 0 bridgehead atoms. The van der Waals surface area contributed by atoms with Crippen molar-refractivity contribution in [1.82, 2.24) is 0 Å². The number of rotatable bonds is 5. The smallest absolute Gasteiger partial charge is 0.154 e. The van der Waals surface area contributed by atoms with Crippen molar-refractivity contribution >= 4 is 27.1 Å². The van der Waals surface area contributed by atoms with E-state index in [-0.39, 0.29) is 0 Å². The highest BCUT2D eigenvalue weighted by Crippen LogP contribution is 2.22. The van der Waals surface area contributed by atoms with Crippen LogP contribution in [0.15, 0.2) is 48.5 Å². The Balaban J connectivity index is 2.01. The molecule has 0 heterocycles. The molecule has 0 aliphatic carbocycles. The molecule has 0 amide bonds. The van der Waals surface area contributed by atoms with Crippen LogP contribution in [0.3, 0.4) is 0 Å². The van der Waals surface area contributed by atoms with Gasteiger partial charge in [0.25, 0.3) is 0 Å². The Labute approximate surface area is 130 Å². The van der Waals surface area contributed by atoms with Crippen molar-refractivity contribution in [1.29, 1.82) is 0 Å². The molecule has 2 aromatic carbocycles. The standard InChI is InChI=1S/C16H18ClNO2S/c1-12(21(2,19)20)14-5-9-16(10-6-14)18-11-13-3-7-15(17)8-4-13/h3-10,12,18H,11H2,1-2H3/t12-/m0/s1. The molecule has 0 unspecified atom stereocenters. The Morgan fingerprint density at radius 2 is 1.62 bits per heavy atom. The van der Waals surface area contributed by atoms with Gasteiger partial charge in [-0.1, -0.05) is 35.9 Å². The molecule has 1 atom stereocenters. The van der Waals surface area contributed by atoms with E-state index in [4.69, 9.17) is 11.6 Å². The van der Waals surface area contributed by atoms with Crippen molar-refractivity contribution < 1.29 is 8.42 Å². The average Bonchev–Trinajstić information content (AvgIpc) is 2.45. The lowest BCUT2D eigenvalue weighted by molar-refractivity contribution is 0.592. The van der Waals surface area contributed by atoms with Crippen LogP contribution in [-0.2, 0) is 16.4 Å². The lowest BCUT2D eigenvalue weighted by atomic mass is 10.1. The summed E-state index contributed by atoms with van der Waals surface area (Å²) in [5, 5.41) is 3.53. The summed E-state index contributed by atoms with van der Waals surface area (Å²) < 4.78 is 23.1. The maximum Gasteiger partial charge on any atom is 0.154 e. The zero-order valence-corrected chi connectivity index (χ0v) is 13.6. The van der Waals surface area contributed by atoms with Crippen LogP contribution in [0.2, 0.25) is 5.02 Å². The summed E-state index contributed by atoms with van der Waals surface area (Å²) in [5.41, 5.74) is 2.89. The summed E-state index contributed by atoms with van der Waals surface area (Å²) in [6.07, 6.45) is 1.25. The fourth-order valence-electron chi connectivity index (χ4n) is 1.93. The summed E-state index contributed by atoms with van der Waals surface area (Å²) in [6.45, 7) is 2.39. The molecule has 0 aliphatic heterocycles. The predicted molar refractivity (Wildman–Crippen MR) is 88.5 cm³/mol. The van der Waals surface area contributed by atoms with Crippen molar-refractivity contribution in [3.05, 3.63) is 64.7 Å². The first-order valence-electron chi connectivity index (χ1n) is 6.63. The van der Waals surface area contributed by atoms with E-state index in [9.17, 15) is 8.42 Å². The van der Waals surface area contributed by atoms with Gasteiger partial charge in [-0.25, -0.2) is 8.42 Å². The van der Waals surface area contributed by atoms with Gasteiger partial charge in [-0.15, -0.1) is 0 Å². The van der Waals surface area contributed by atoms with Crippen LogP contribution < -0.4 is 5.32 Å². The maximum atomic E-state index is 11.5. The van der Waals surface area contributed by atoms with Crippen molar-refractivity contribution in [2.45, 2.75) is 18.7 Å². The second-order valence-electron chi connectivity index (χ2n) is 5.07. The fraction of sp³-hybridized carbons (Fsp3) is 0.250. The van der Waals surface area contributed by atoms with Gasteiger partial charge in [-0.05, 0) is 42.3 Å². The largest absolute Gasteiger partial charge is 0.381 e. The Bertz CT molecular complexity index is 694. The van der Waals surface area contributed by atoms with E-state index >= 15 is 0 Å². The average molecular weight is 324 g/mol. The van der Waals surface area contributed by atoms with Crippen LogP contribution in [0.1, 0.15) is 23.3 Å². The molecule has 2 rings (SSSR count). The monoisotopic (exact) mass is 323 g/mol. The normalized spacial score (nSPS) is 12.9. The molecule has 0 aliphatic rings. The lowest BCUT2D eigenvalue weighted by Crippen LogP contribution is -2.07. The number of halogens is 1. The molecule has 112 valence electrons. The SMILES string of the molecule is C[C@@H](c1ccc(NCc2ccc(Cl)cc2)cc1)S(C)(=O)=O. The number of hydrogen-bond acceptors (Lipinski definition) is 3. The number of hydrogen-bond donors (Lipinski definition) is 1. The summed E-state index contributed by atoms with van der Waals surface area (Å²) in [6, 6.07) is 15.1. The second kappa shape index (κ2) is 6.50. The van der Waals surface area contributed by atoms with Crippen LogP contribution >= 0.6 is 11.6 Å². The third kappa shape index (κ3) is 4.48. The Morgan fingerprint density at radius 1 is 1.05 bits per heavy atom. The van der Waals surface area contributed by atoms with Crippen LogP contribution in [0.4, 0.5) is 5.69 Å². The van der Waals surface area contributed by atoms with Crippen LogP contribution in [0.25, 0.3) is 0 Å². The highest BCUT2D eigenvalue weighted by atomic mass is 35.5. The van der Waals surface area contributed by atoms with Crippen molar-refractivity contribution in [3.8, 4) is 0 Å². The van der Waals surface area contributed by atoms with E-state index < -0.39 is 15.1 Å². The van der Waals surface area contributed by atoms with E-state index in [0.717, 1.165) is 21.8 Å². The molecule has 0 saturated heterocycles. The molecular formula is C16H18ClNO2S. The summed E-state index contributed by atoms with van der Waals surface area (Å²) in [5.74, 6) is 0. The highest BCUT2D eigenvalue weighted by Gasteiger charge is 2.16. The third-order valence-corrected chi connectivity index (χ3v) is 5.24. The zero-order chi connectivity index (χ0) is 15.5. The maximum absolute atomic E-state index is 11.5. The molecule has 0 spiro atoms. The highest BCUT2D eigenvalue weighted by molar-refractivity contribution is 7.90. The molecule has 21 heavy (non-hydrogen) atoms. The van der Waals surface area contributed by atoms with Gasteiger partial charge in [0.05, 0.1) is 5.25 Å². The van der Waals surface area contributed by atoms with E-state index in [1.54, 1.807) is 6.92 Å². The fourth-order valence-corrected chi connectivity index (χ4v) is 2.70. The first-order valence-corrected chi connectivity index (χ1v) is 8.96. The minimum atomic E-state index is -3.06. The Kier molecular flexibility index (Phi) is 4.91.